The highest BCUT2D eigenvalue weighted by molar-refractivity contribution is 6.14. The van der Waals surface area contributed by atoms with Crippen LogP contribution in [0.2, 0.25) is 0 Å². The smallest absolute Gasteiger partial charge is 0.340 e. The Morgan fingerprint density at radius 2 is 1.83 bits per heavy atom. The van der Waals surface area contributed by atoms with Gasteiger partial charge < -0.3 is 15.4 Å². The fourth-order valence-corrected chi connectivity index (χ4v) is 2.37. The Morgan fingerprint density at radius 1 is 1.17 bits per heavy atom. The minimum atomic E-state index is -1.02. The SMILES string of the molecule is CCOC(=O)c1ccccc1NC(=O)C1(C(=O)NC(C)CC)CC1. The zero-order valence-corrected chi connectivity index (χ0v) is 14.3. The van der Waals surface area contributed by atoms with E-state index in [2.05, 4.69) is 10.6 Å². The van der Waals surface area contributed by atoms with Crippen molar-refractivity contribution in [2.24, 2.45) is 5.41 Å². The highest BCUT2D eigenvalue weighted by Gasteiger charge is 2.56. The molecule has 1 aromatic carbocycles. The molecule has 24 heavy (non-hydrogen) atoms. The van der Waals surface area contributed by atoms with Crippen LogP contribution in [0.15, 0.2) is 24.3 Å². The van der Waals surface area contributed by atoms with E-state index < -0.39 is 11.4 Å². The number of carbonyl (C=O) groups excluding carboxylic acids is 3. The summed E-state index contributed by atoms with van der Waals surface area (Å²) in [6.45, 7) is 5.85. The van der Waals surface area contributed by atoms with E-state index in [-0.39, 0.29) is 30.0 Å². The van der Waals surface area contributed by atoms with Crippen molar-refractivity contribution in [3.8, 4) is 0 Å². The Bertz CT molecular complexity index is 638. The number of benzene rings is 1. The molecule has 1 atom stereocenters. The molecule has 0 aliphatic heterocycles. The van der Waals surface area contributed by atoms with Gasteiger partial charge in [-0.3, -0.25) is 9.59 Å². The van der Waals surface area contributed by atoms with Crippen LogP contribution < -0.4 is 10.6 Å². The van der Waals surface area contributed by atoms with Gasteiger partial charge >= 0.3 is 5.97 Å². The van der Waals surface area contributed by atoms with Crippen LogP contribution in [-0.2, 0) is 14.3 Å². The zero-order valence-electron chi connectivity index (χ0n) is 14.3. The summed E-state index contributed by atoms with van der Waals surface area (Å²) in [4.78, 5) is 37.0. The quantitative estimate of drug-likeness (QED) is 0.593. The van der Waals surface area contributed by atoms with Gasteiger partial charge in [-0.1, -0.05) is 19.1 Å². The summed E-state index contributed by atoms with van der Waals surface area (Å²) in [6.07, 6.45) is 1.83. The average molecular weight is 332 g/mol. The predicted octanol–water partition coefficient (Wildman–Crippen LogP) is 2.50. The van der Waals surface area contributed by atoms with Crippen molar-refractivity contribution in [2.75, 3.05) is 11.9 Å². The molecule has 6 heteroatoms. The third-order valence-corrected chi connectivity index (χ3v) is 4.28. The van der Waals surface area contributed by atoms with Gasteiger partial charge in [0, 0.05) is 6.04 Å². The fraction of sp³-hybridized carbons (Fsp3) is 0.500. The number of ether oxygens (including phenoxy) is 1. The number of amides is 2. The number of para-hydroxylation sites is 1. The van der Waals surface area contributed by atoms with Gasteiger partial charge in [-0.2, -0.15) is 0 Å². The standard InChI is InChI=1S/C18H24N2O4/c1-4-12(3)19-16(22)18(10-11-18)17(23)20-14-9-7-6-8-13(14)15(21)24-5-2/h6-9,12H,4-5,10-11H2,1-3H3,(H,19,22)(H,20,23). The lowest BCUT2D eigenvalue weighted by Crippen LogP contribution is -2.43. The number of rotatable bonds is 7. The van der Waals surface area contributed by atoms with Gasteiger partial charge in [-0.25, -0.2) is 4.79 Å². The van der Waals surface area contributed by atoms with Gasteiger partial charge in [-0.15, -0.1) is 0 Å². The molecule has 1 aromatic rings. The fourth-order valence-electron chi connectivity index (χ4n) is 2.37. The largest absolute Gasteiger partial charge is 0.462 e. The van der Waals surface area contributed by atoms with Crippen LogP contribution in [0.5, 0.6) is 0 Å². The molecular formula is C18H24N2O4. The minimum absolute atomic E-state index is 0.0228. The van der Waals surface area contributed by atoms with E-state index in [1.807, 2.05) is 13.8 Å². The number of esters is 1. The molecule has 0 bridgehead atoms. The molecule has 0 saturated heterocycles. The first-order valence-corrected chi connectivity index (χ1v) is 8.33. The highest BCUT2D eigenvalue weighted by Crippen LogP contribution is 2.47. The van der Waals surface area contributed by atoms with Gasteiger partial charge in [-0.05, 0) is 45.2 Å². The van der Waals surface area contributed by atoms with Crippen molar-refractivity contribution in [3.05, 3.63) is 29.8 Å². The maximum absolute atomic E-state index is 12.6. The summed E-state index contributed by atoms with van der Waals surface area (Å²) < 4.78 is 5.00. The predicted molar refractivity (Wildman–Crippen MR) is 90.6 cm³/mol. The maximum atomic E-state index is 12.6. The Kier molecular flexibility index (Phi) is 5.59. The van der Waals surface area contributed by atoms with Crippen LogP contribution in [-0.4, -0.2) is 30.4 Å². The molecule has 130 valence electrons. The van der Waals surface area contributed by atoms with E-state index in [0.29, 0.717) is 18.5 Å². The molecule has 1 aliphatic carbocycles. The molecule has 0 radical (unpaired) electrons. The van der Waals surface area contributed by atoms with Crippen molar-refractivity contribution in [1.29, 1.82) is 0 Å². The Morgan fingerprint density at radius 3 is 2.42 bits per heavy atom. The summed E-state index contributed by atoms with van der Waals surface area (Å²) in [5, 5.41) is 5.59. The third kappa shape index (κ3) is 3.75. The zero-order chi connectivity index (χ0) is 17.7. The molecule has 2 amide bonds. The van der Waals surface area contributed by atoms with Crippen LogP contribution in [0.1, 0.15) is 50.4 Å². The molecule has 0 aromatic heterocycles. The summed E-state index contributed by atoms with van der Waals surface area (Å²) in [7, 11) is 0. The second-order valence-electron chi connectivity index (χ2n) is 6.09. The molecule has 1 fully saturated rings. The maximum Gasteiger partial charge on any atom is 0.340 e. The molecular weight excluding hydrogens is 308 g/mol. The lowest BCUT2D eigenvalue weighted by molar-refractivity contribution is -0.134. The van der Waals surface area contributed by atoms with Gasteiger partial charge in [0.25, 0.3) is 0 Å². The number of hydrogen-bond donors (Lipinski definition) is 2. The number of hydrogen-bond acceptors (Lipinski definition) is 4. The number of anilines is 1. The van der Waals surface area contributed by atoms with E-state index in [1.54, 1.807) is 31.2 Å². The van der Waals surface area contributed by atoms with Crippen molar-refractivity contribution in [2.45, 2.75) is 46.1 Å². The highest BCUT2D eigenvalue weighted by atomic mass is 16.5. The summed E-state index contributed by atoms with van der Waals surface area (Å²) in [5.41, 5.74) is -0.375. The molecule has 2 rings (SSSR count). The molecule has 0 spiro atoms. The number of carbonyl (C=O) groups is 3. The first-order chi connectivity index (χ1) is 11.4. The average Bonchev–Trinajstić information content (AvgIpc) is 3.37. The monoisotopic (exact) mass is 332 g/mol. The summed E-state index contributed by atoms with van der Waals surface area (Å²) in [6, 6.07) is 6.66. The van der Waals surface area contributed by atoms with Crippen molar-refractivity contribution < 1.29 is 19.1 Å². The van der Waals surface area contributed by atoms with Crippen LogP contribution in [0, 0.1) is 5.41 Å². The minimum Gasteiger partial charge on any atom is -0.462 e. The van der Waals surface area contributed by atoms with Crippen molar-refractivity contribution >= 4 is 23.5 Å². The number of nitrogens with one attached hydrogen (secondary N) is 2. The van der Waals surface area contributed by atoms with Crippen molar-refractivity contribution in [1.82, 2.24) is 5.32 Å². The summed E-state index contributed by atoms with van der Waals surface area (Å²) >= 11 is 0. The second kappa shape index (κ2) is 7.47. The lowest BCUT2D eigenvalue weighted by Gasteiger charge is -2.19. The van der Waals surface area contributed by atoms with Crippen LogP contribution in [0.4, 0.5) is 5.69 Å². The van der Waals surface area contributed by atoms with E-state index >= 15 is 0 Å². The first-order valence-electron chi connectivity index (χ1n) is 8.33. The van der Waals surface area contributed by atoms with E-state index in [1.165, 1.54) is 0 Å². The molecule has 1 aliphatic rings. The Labute approximate surface area is 142 Å². The van der Waals surface area contributed by atoms with E-state index in [4.69, 9.17) is 4.74 Å². The summed E-state index contributed by atoms with van der Waals surface area (Å²) in [5.74, 6) is -1.12. The topological polar surface area (TPSA) is 84.5 Å². The van der Waals surface area contributed by atoms with Gasteiger partial charge in [0.1, 0.15) is 5.41 Å². The van der Waals surface area contributed by atoms with Crippen LogP contribution in [0.3, 0.4) is 0 Å². The molecule has 1 unspecified atom stereocenters. The molecule has 6 nitrogen and oxygen atoms in total. The van der Waals surface area contributed by atoms with Crippen molar-refractivity contribution in [3.63, 3.8) is 0 Å². The third-order valence-electron chi connectivity index (χ3n) is 4.28. The second-order valence-corrected chi connectivity index (χ2v) is 6.09. The molecule has 1 saturated carbocycles. The normalized spacial score (nSPS) is 16.0. The first kappa shape index (κ1) is 18.0. The van der Waals surface area contributed by atoms with E-state index in [0.717, 1.165) is 6.42 Å². The van der Waals surface area contributed by atoms with Crippen LogP contribution >= 0.6 is 0 Å². The Balaban J connectivity index is 2.13. The lowest BCUT2D eigenvalue weighted by atomic mass is 10.0. The van der Waals surface area contributed by atoms with E-state index in [9.17, 15) is 14.4 Å². The van der Waals surface area contributed by atoms with Gasteiger partial charge in [0.05, 0.1) is 17.9 Å². The van der Waals surface area contributed by atoms with Crippen LogP contribution in [0.25, 0.3) is 0 Å². The Hall–Kier alpha value is -2.37. The molecule has 2 N–H and O–H groups in total. The molecule has 0 heterocycles. The van der Waals surface area contributed by atoms with Gasteiger partial charge in [0.15, 0.2) is 0 Å². The van der Waals surface area contributed by atoms with Gasteiger partial charge in [0.2, 0.25) is 11.8 Å².